The molecule has 1 atom stereocenters. The second kappa shape index (κ2) is 12.4. The van der Waals surface area contributed by atoms with Crippen LogP contribution in [0.4, 0.5) is 34.0 Å². The Morgan fingerprint density at radius 2 is 1.55 bits per heavy atom. The quantitative estimate of drug-likeness (QED) is 0.184. The number of halogens is 4. The van der Waals surface area contributed by atoms with Crippen molar-refractivity contribution in [3.8, 4) is 0 Å². The summed E-state index contributed by atoms with van der Waals surface area (Å²) in [6, 6.07) is 15.0. The fraction of sp³-hybridized carbons (Fsp3) is 0.276. The minimum absolute atomic E-state index is 0.00724. The molecular formula is C29H27F4N7O2. The first-order chi connectivity index (χ1) is 20.2. The highest BCUT2D eigenvalue weighted by Gasteiger charge is 2.34. The van der Waals surface area contributed by atoms with Crippen LogP contribution >= 0.6 is 0 Å². The largest absolute Gasteiger partial charge is 0.419 e. The second-order valence-corrected chi connectivity index (χ2v) is 10.0. The predicted molar refractivity (Wildman–Crippen MR) is 146 cm³/mol. The van der Waals surface area contributed by atoms with Gasteiger partial charge in [0.15, 0.2) is 0 Å². The summed E-state index contributed by atoms with van der Waals surface area (Å²) in [5.74, 6) is -1.43. The maximum absolute atomic E-state index is 13.7. The maximum atomic E-state index is 13.7. The smallest absolute Gasteiger partial charge is 0.327 e. The molecule has 1 aromatic heterocycles. The lowest BCUT2D eigenvalue weighted by atomic mass is 9.83. The molecule has 1 saturated carbocycles. The molecule has 1 heterocycles. The molecule has 0 spiro atoms. The highest BCUT2D eigenvalue weighted by molar-refractivity contribution is 6.03. The third-order valence-electron chi connectivity index (χ3n) is 7.23. The first-order valence-electron chi connectivity index (χ1n) is 13.4. The van der Waals surface area contributed by atoms with Gasteiger partial charge in [0, 0.05) is 11.3 Å². The highest BCUT2D eigenvalue weighted by Crippen LogP contribution is 2.35. The standard InChI is InChI=1S/C29H27F4N7O2/c30-24-15-14-22(16-23(24)29(31,32)33)34-28(42)35-25(19-8-6-18(7-9-19)17-4-2-1-3-5-17)20-10-12-21(13-11-20)26(41)36-27-37-39-40-38-27/h6-17,25H,1-5H2,(H2,34,35,42)(H2,36,37,38,39,40,41). The van der Waals surface area contributed by atoms with E-state index in [1.54, 1.807) is 24.3 Å². The van der Waals surface area contributed by atoms with Crippen molar-refractivity contribution in [2.24, 2.45) is 0 Å². The van der Waals surface area contributed by atoms with Gasteiger partial charge in [0.1, 0.15) is 5.82 Å². The topological polar surface area (TPSA) is 125 Å². The molecule has 0 aliphatic heterocycles. The van der Waals surface area contributed by atoms with Crippen LogP contribution in [0, 0.1) is 5.82 Å². The van der Waals surface area contributed by atoms with E-state index in [0.717, 1.165) is 24.5 Å². The Hall–Kier alpha value is -4.81. The number of carbonyl (C=O) groups is 2. The Morgan fingerprint density at radius 1 is 0.881 bits per heavy atom. The van der Waals surface area contributed by atoms with Crippen LogP contribution in [0.15, 0.2) is 66.7 Å². The molecule has 5 rings (SSSR count). The molecular weight excluding hydrogens is 554 g/mol. The monoisotopic (exact) mass is 581 g/mol. The zero-order valence-corrected chi connectivity index (χ0v) is 22.2. The Labute approximate surface area is 238 Å². The Balaban J connectivity index is 1.38. The first-order valence-corrected chi connectivity index (χ1v) is 13.4. The van der Waals surface area contributed by atoms with Crippen molar-refractivity contribution in [1.29, 1.82) is 0 Å². The minimum atomic E-state index is -4.92. The molecule has 1 aliphatic rings. The number of nitrogens with zero attached hydrogens (tertiary/aromatic N) is 3. The zero-order valence-electron chi connectivity index (χ0n) is 22.2. The van der Waals surface area contributed by atoms with Crippen LogP contribution in [0.25, 0.3) is 0 Å². The second-order valence-electron chi connectivity index (χ2n) is 10.0. The number of anilines is 2. The number of aromatic nitrogens is 4. The summed E-state index contributed by atoms with van der Waals surface area (Å²) in [5.41, 5.74) is 1.14. The number of rotatable bonds is 7. The van der Waals surface area contributed by atoms with Gasteiger partial charge < -0.3 is 10.6 Å². The van der Waals surface area contributed by atoms with Gasteiger partial charge >= 0.3 is 12.2 Å². The van der Waals surface area contributed by atoms with Crippen molar-refractivity contribution in [2.45, 2.75) is 50.2 Å². The van der Waals surface area contributed by atoms with Crippen molar-refractivity contribution >= 4 is 23.6 Å². The van der Waals surface area contributed by atoms with E-state index in [2.05, 4.69) is 36.6 Å². The van der Waals surface area contributed by atoms with Gasteiger partial charge in [-0.25, -0.2) is 9.18 Å². The molecule has 0 radical (unpaired) electrons. The molecule has 1 unspecified atom stereocenters. The van der Waals surface area contributed by atoms with E-state index in [1.807, 2.05) is 24.3 Å². The van der Waals surface area contributed by atoms with E-state index in [0.29, 0.717) is 29.2 Å². The van der Waals surface area contributed by atoms with Crippen LogP contribution in [-0.2, 0) is 6.18 Å². The van der Waals surface area contributed by atoms with Crippen molar-refractivity contribution in [1.82, 2.24) is 25.9 Å². The van der Waals surface area contributed by atoms with Crippen molar-refractivity contribution in [3.05, 3.63) is 100 Å². The lowest BCUT2D eigenvalue weighted by molar-refractivity contribution is -0.139. The number of alkyl halides is 3. The lowest BCUT2D eigenvalue weighted by Crippen LogP contribution is -2.33. The zero-order chi connectivity index (χ0) is 29.7. The van der Waals surface area contributed by atoms with E-state index in [9.17, 15) is 27.2 Å². The Morgan fingerprint density at radius 3 is 2.17 bits per heavy atom. The van der Waals surface area contributed by atoms with Gasteiger partial charge in [0.2, 0.25) is 0 Å². The van der Waals surface area contributed by atoms with Crippen molar-refractivity contribution < 1.29 is 27.2 Å². The summed E-state index contributed by atoms with van der Waals surface area (Å²) in [7, 11) is 0. The molecule has 4 N–H and O–H groups in total. The maximum Gasteiger partial charge on any atom is 0.419 e. The van der Waals surface area contributed by atoms with Crippen LogP contribution in [0.1, 0.15) is 76.7 Å². The number of hydrogen-bond acceptors (Lipinski definition) is 5. The van der Waals surface area contributed by atoms with E-state index in [-0.39, 0.29) is 11.6 Å². The van der Waals surface area contributed by atoms with Gasteiger partial charge in [-0.2, -0.15) is 18.4 Å². The third kappa shape index (κ3) is 6.90. The molecule has 42 heavy (non-hydrogen) atoms. The number of amides is 3. The molecule has 1 fully saturated rings. The van der Waals surface area contributed by atoms with Crippen molar-refractivity contribution in [3.63, 3.8) is 0 Å². The molecule has 218 valence electrons. The summed E-state index contributed by atoms with van der Waals surface area (Å²) in [5, 5.41) is 20.6. The van der Waals surface area contributed by atoms with E-state index in [4.69, 9.17) is 0 Å². The van der Waals surface area contributed by atoms with Crippen LogP contribution in [0.3, 0.4) is 0 Å². The number of carbonyl (C=O) groups excluding carboxylic acids is 2. The molecule has 3 aromatic carbocycles. The van der Waals surface area contributed by atoms with Gasteiger partial charge in [-0.05, 0) is 71.0 Å². The molecule has 13 heteroatoms. The predicted octanol–water partition coefficient (Wildman–Crippen LogP) is 6.57. The summed E-state index contributed by atoms with van der Waals surface area (Å²) >= 11 is 0. The third-order valence-corrected chi connectivity index (χ3v) is 7.23. The lowest BCUT2D eigenvalue weighted by Gasteiger charge is -2.24. The fourth-order valence-electron chi connectivity index (χ4n) is 5.09. The van der Waals surface area contributed by atoms with Gasteiger partial charge in [-0.3, -0.25) is 10.1 Å². The van der Waals surface area contributed by atoms with Gasteiger partial charge in [-0.15, -0.1) is 5.10 Å². The summed E-state index contributed by atoms with van der Waals surface area (Å²) < 4.78 is 53.2. The molecule has 0 bridgehead atoms. The molecule has 0 saturated heterocycles. The summed E-state index contributed by atoms with van der Waals surface area (Å²) in [4.78, 5) is 25.5. The number of H-pyrrole nitrogens is 1. The average molecular weight is 582 g/mol. The average Bonchev–Trinajstić information content (AvgIpc) is 3.50. The van der Waals surface area contributed by atoms with Gasteiger partial charge in [-0.1, -0.05) is 60.8 Å². The van der Waals surface area contributed by atoms with Crippen LogP contribution in [-0.4, -0.2) is 32.6 Å². The SMILES string of the molecule is O=C(Nc1ccc(F)c(C(F)(F)F)c1)NC(c1ccc(C(=O)Nc2nn[nH]n2)cc1)c1ccc(C2CCCCC2)cc1. The van der Waals surface area contributed by atoms with E-state index in [1.165, 1.54) is 24.8 Å². The summed E-state index contributed by atoms with van der Waals surface area (Å²) in [6.45, 7) is 0. The first kappa shape index (κ1) is 28.7. The number of aromatic amines is 1. The number of nitrogens with one attached hydrogen (secondary N) is 4. The van der Waals surface area contributed by atoms with E-state index < -0.39 is 35.5 Å². The van der Waals surface area contributed by atoms with Crippen LogP contribution in [0.2, 0.25) is 0 Å². The van der Waals surface area contributed by atoms with Gasteiger partial charge in [0.25, 0.3) is 11.9 Å². The normalized spacial score (nSPS) is 14.7. The number of hydrogen-bond donors (Lipinski definition) is 4. The molecule has 3 amide bonds. The van der Waals surface area contributed by atoms with Crippen molar-refractivity contribution in [2.75, 3.05) is 10.6 Å². The summed E-state index contributed by atoms with van der Waals surface area (Å²) in [6.07, 6.45) is 0.921. The van der Waals surface area contributed by atoms with Gasteiger partial charge in [0.05, 0.1) is 11.6 Å². The number of tetrazole rings is 1. The van der Waals surface area contributed by atoms with Crippen LogP contribution < -0.4 is 16.0 Å². The Bertz CT molecular complexity index is 1520. The fourth-order valence-corrected chi connectivity index (χ4v) is 5.09. The van der Waals surface area contributed by atoms with Crippen LogP contribution in [0.5, 0.6) is 0 Å². The van der Waals surface area contributed by atoms with E-state index >= 15 is 0 Å². The highest BCUT2D eigenvalue weighted by atomic mass is 19.4. The Kier molecular flexibility index (Phi) is 8.46. The molecule has 9 nitrogen and oxygen atoms in total. The molecule has 1 aliphatic carbocycles. The minimum Gasteiger partial charge on any atom is -0.327 e. The number of urea groups is 1. The molecule has 4 aromatic rings. The number of benzene rings is 3.